The maximum Gasteiger partial charge on any atom is 0.172 e. The molecule has 0 aromatic heterocycles. The van der Waals surface area contributed by atoms with E-state index in [0.29, 0.717) is 19.3 Å². The maximum absolute atomic E-state index is 13.6. The van der Waals surface area contributed by atoms with Crippen molar-refractivity contribution >= 4 is 11.6 Å². The molecule has 1 unspecified atom stereocenters. The Hall–Kier alpha value is -0.820. The highest BCUT2D eigenvalue weighted by atomic mass is 16.5. The molecule has 2 spiro atoms. The van der Waals surface area contributed by atoms with Crippen molar-refractivity contribution in [1.29, 1.82) is 0 Å². The van der Waals surface area contributed by atoms with Crippen LogP contribution in [0.2, 0.25) is 0 Å². The number of rotatable bonds is 2. The first kappa shape index (κ1) is 18.2. The maximum atomic E-state index is 13.6. The second-order valence-electron chi connectivity index (χ2n) is 10.5. The van der Waals surface area contributed by atoms with Gasteiger partial charge in [0.1, 0.15) is 0 Å². The molecule has 4 bridgehead atoms. The zero-order chi connectivity index (χ0) is 19.6. The van der Waals surface area contributed by atoms with Gasteiger partial charge in [-0.15, -0.1) is 0 Å². The number of ketones is 2. The van der Waals surface area contributed by atoms with Crippen LogP contribution in [-0.2, 0) is 14.3 Å². The van der Waals surface area contributed by atoms with E-state index in [1.54, 1.807) is 0 Å². The fourth-order valence-electron chi connectivity index (χ4n) is 8.78. The number of hydrogen-bond donors (Lipinski definition) is 3. The molecule has 5 aliphatic rings. The van der Waals surface area contributed by atoms with Crippen LogP contribution in [0.1, 0.15) is 46.0 Å². The van der Waals surface area contributed by atoms with Gasteiger partial charge in [0.25, 0.3) is 0 Å². The summed E-state index contributed by atoms with van der Waals surface area (Å²) in [4.78, 5) is 27.3. The van der Waals surface area contributed by atoms with Crippen LogP contribution in [0.15, 0.2) is 0 Å². The summed E-state index contributed by atoms with van der Waals surface area (Å²) in [5, 5.41) is 34.5. The predicted molar refractivity (Wildman–Crippen MR) is 94.5 cm³/mol. The SMILES string of the molecule is COC[C@@H]1C(=O)[C@]23[C@H](O)[C@H]1CC[C@H]2C12CCCC(C)(C)[C@H]1C(=O)[C@]3(O)[C@@H]2O. The molecule has 0 radical (unpaired) electrons. The van der Waals surface area contributed by atoms with Gasteiger partial charge in [0.15, 0.2) is 17.2 Å². The molecular weight excluding hydrogens is 348 g/mol. The van der Waals surface area contributed by atoms with Gasteiger partial charge in [0.05, 0.1) is 24.2 Å². The molecule has 0 saturated heterocycles. The largest absolute Gasteiger partial charge is 0.392 e. The highest BCUT2D eigenvalue weighted by molar-refractivity contribution is 6.07. The van der Waals surface area contributed by atoms with Crippen LogP contribution in [-0.4, -0.2) is 58.4 Å². The summed E-state index contributed by atoms with van der Waals surface area (Å²) in [5.41, 5.74) is -4.89. The number of fused-ring (bicyclic) bond motifs is 2. The molecule has 5 saturated carbocycles. The van der Waals surface area contributed by atoms with Crippen molar-refractivity contribution < 1.29 is 29.6 Å². The molecule has 5 fully saturated rings. The quantitative estimate of drug-likeness (QED) is 0.654. The van der Waals surface area contributed by atoms with Crippen LogP contribution >= 0.6 is 0 Å². The van der Waals surface area contributed by atoms with Crippen molar-refractivity contribution in [3.05, 3.63) is 0 Å². The van der Waals surface area contributed by atoms with E-state index in [0.717, 1.165) is 12.8 Å². The fourth-order valence-corrected chi connectivity index (χ4v) is 8.78. The summed E-state index contributed by atoms with van der Waals surface area (Å²) in [6, 6.07) is 0. The van der Waals surface area contributed by atoms with E-state index < -0.39 is 46.3 Å². The van der Waals surface area contributed by atoms with Gasteiger partial charge in [-0.05, 0) is 42.9 Å². The molecule has 3 N–H and O–H groups in total. The van der Waals surface area contributed by atoms with Gasteiger partial charge in [-0.1, -0.05) is 20.3 Å². The summed E-state index contributed by atoms with van der Waals surface area (Å²) in [6.07, 6.45) is 1.28. The lowest BCUT2D eigenvalue weighted by molar-refractivity contribution is -0.201. The van der Waals surface area contributed by atoms with Gasteiger partial charge < -0.3 is 20.1 Å². The van der Waals surface area contributed by atoms with Crippen LogP contribution in [0.4, 0.5) is 0 Å². The number of carbonyl (C=O) groups is 2. The summed E-state index contributed by atoms with van der Waals surface area (Å²) >= 11 is 0. The van der Waals surface area contributed by atoms with Crippen LogP contribution < -0.4 is 0 Å². The minimum Gasteiger partial charge on any atom is -0.392 e. The minimum absolute atomic E-state index is 0.178. The number of Topliss-reactive ketones (excluding diaryl/α,β-unsaturated/α-hetero) is 2. The van der Waals surface area contributed by atoms with Crippen LogP contribution in [0.25, 0.3) is 0 Å². The molecule has 6 heteroatoms. The number of methoxy groups -OCH3 is 1. The second kappa shape index (κ2) is 5.02. The van der Waals surface area contributed by atoms with Crippen molar-refractivity contribution in [3.8, 4) is 0 Å². The second-order valence-corrected chi connectivity index (χ2v) is 10.5. The monoisotopic (exact) mass is 378 g/mol. The van der Waals surface area contributed by atoms with E-state index in [-0.39, 0.29) is 29.6 Å². The molecule has 6 nitrogen and oxygen atoms in total. The Morgan fingerprint density at radius 1 is 1.11 bits per heavy atom. The summed E-state index contributed by atoms with van der Waals surface area (Å²) in [7, 11) is 1.52. The first-order valence-corrected chi connectivity index (χ1v) is 10.3. The zero-order valence-electron chi connectivity index (χ0n) is 16.3. The predicted octanol–water partition coefficient (Wildman–Crippen LogP) is 0.706. The van der Waals surface area contributed by atoms with E-state index >= 15 is 0 Å². The van der Waals surface area contributed by atoms with Crippen LogP contribution in [0.5, 0.6) is 0 Å². The molecular formula is C21H30O6. The van der Waals surface area contributed by atoms with E-state index in [4.69, 9.17) is 4.74 Å². The van der Waals surface area contributed by atoms with Gasteiger partial charge in [-0.3, -0.25) is 9.59 Å². The molecule has 0 aliphatic heterocycles. The standard InChI is InChI=1S/C21H30O6/c1-18(2)7-4-8-19-12-6-5-10-11(9-27-3)15(23)20(12,14(10)22)21(26,17(19)25)16(24)13(18)19/h10-14,17,22,25-26H,4-9H2,1-3H3/t10-,11-,12-,13+,14+,17+,19?,20+,21-/m0/s1. The summed E-state index contributed by atoms with van der Waals surface area (Å²) < 4.78 is 5.24. The van der Waals surface area contributed by atoms with E-state index in [1.807, 2.05) is 13.8 Å². The number of carbonyl (C=O) groups excluding carboxylic acids is 2. The summed E-state index contributed by atoms with van der Waals surface area (Å²) in [6.45, 7) is 4.25. The lowest BCUT2D eigenvalue weighted by atomic mass is 9.44. The molecule has 5 aliphatic carbocycles. The smallest absolute Gasteiger partial charge is 0.172 e. The Labute approximate surface area is 159 Å². The van der Waals surface area contributed by atoms with Gasteiger partial charge in [-0.2, -0.15) is 0 Å². The van der Waals surface area contributed by atoms with Crippen molar-refractivity contribution in [2.45, 2.75) is 63.8 Å². The first-order chi connectivity index (χ1) is 12.6. The van der Waals surface area contributed by atoms with Gasteiger partial charge >= 0.3 is 0 Å². The van der Waals surface area contributed by atoms with Gasteiger partial charge in [0, 0.05) is 24.4 Å². The first-order valence-electron chi connectivity index (χ1n) is 10.3. The molecule has 150 valence electrons. The van der Waals surface area contributed by atoms with Crippen LogP contribution in [0.3, 0.4) is 0 Å². The number of hydrogen-bond acceptors (Lipinski definition) is 6. The van der Waals surface area contributed by atoms with E-state index in [9.17, 15) is 24.9 Å². The molecule has 9 atom stereocenters. The molecule has 0 heterocycles. The molecule has 5 rings (SSSR count). The minimum atomic E-state index is -2.18. The normalized spacial score (nSPS) is 57.7. The molecule has 0 aromatic rings. The van der Waals surface area contributed by atoms with E-state index in [1.165, 1.54) is 7.11 Å². The topological polar surface area (TPSA) is 104 Å². The third-order valence-electron chi connectivity index (χ3n) is 9.39. The molecule has 0 aromatic carbocycles. The lowest BCUT2D eigenvalue weighted by Crippen LogP contribution is -2.68. The molecule has 0 amide bonds. The van der Waals surface area contributed by atoms with Gasteiger partial charge in [0.2, 0.25) is 0 Å². The highest BCUT2D eigenvalue weighted by Gasteiger charge is 2.92. The Morgan fingerprint density at radius 2 is 1.81 bits per heavy atom. The Kier molecular flexibility index (Phi) is 3.39. The Balaban J connectivity index is 1.76. The molecule has 27 heavy (non-hydrogen) atoms. The highest BCUT2D eigenvalue weighted by Crippen LogP contribution is 2.80. The average molecular weight is 378 g/mol. The number of ether oxygens (including phenoxy) is 1. The third kappa shape index (κ3) is 1.53. The Morgan fingerprint density at radius 3 is 2.48 bits per heavy atom. The Bertz CT molecular complexity index is 732. The number of aliphatic hydroxyl groups is 3. The zero-order valence-corrected chi connectivity index (χ0v) is 16.3. The van der Waals surface area contributed by atoms with E-state index in [2.05, 4.69) is 0 Å². The van der Waals surface area contributed by atoms with Gasteiger partial charge in [-0.25, -0.2) is 0 Å². The van der Waals surface area contributed by atoms with Crippen LogP contribution in [0, 0.1) is 39.9 Å². The van der Waals surface area contributed by atoms with Crippen molar-refractivity contribution in [2.75, 3.05) is 13.7 Å². The van der Waals surface area contributed by atoms with Crippen molar-refractivity contribution in [1.82, 2.24) is 0 Å². The van der Waals surface area contributed by atoms with Crippen molar-refractivity contribution in [2.24, 2.45) is 39.9 Å². The third-order valence-corrected chi connectivity index (χ3v) is 9.39. The number of aliphatic hydroxyl groups excluding tert-OH is 2. The summed E-state index contributed by atoms with van der Waals surface area (Å²) in [5.74, 6) is -2.34. The van der Waals surface area contributed by atoms with Crippen molar-refractivity contribution in [3.63, 3.8) is 0 Å². The average Bonchev–Trinajstić information content (AvgIpc) is 2.93. The fraction of sp³-hybridized carbons (Fsp3) is 0.905. The lowest BCUT2D eigenvalue weighted by Gasteiger charge is -2.58.